The largest absolute Gasteiger partial charge is 0.337 e. The summed E-state index contributed by atoms with van der Waals surface area (Å²) in [5.74, 6) is 0.0367. The minimum Gasteiger partial charge on any atom is -0.337 e. The van der Waals surface area contributed by atoms with Gasteiger partial charge in [-0.3, -0.25) is 9.78 Å². The number of hydrogen-bond acceptors (Lipinski definition) is 4. The number of benzene rings is 1. The number of nitrogens with two attached hydrogens (primary N) is 1. The lowest BCUT2D eigenvalue weighted by molar-refractivity contribution is 0.0598. The molecule has 0 saturated carbocycles. The summed E-state index contributed by atoms with van der Waals surface area (Å²) in [6, 6.07) is 8.81. The number of pyridine rings is 1. The topological polar surface area (TPSA) is 93.4 Å². The molecule has 126 valence electrons. The van der Waals surface area contributed by atoms with Gasteiger partial charge in [0.1, 0.15) is 0 Å². The van der Waals surface area contributed by atoms with Gasteiger partial charge in [0.15, 0.2) is 0 Å². The first-order valence-corrected chi connectivity index (χ1v) is 9.16. The second-order valence-electron chi connectivity index (χ2n) is 6.12. The highest BCUT2D eigenvalue weighted by Crippen LogP contribution is 2.28. The summed E-state index contributed by atoms with van der Waals surface area (Å²) >= 11 is 0. The van der Waals surface area contributed by atoms with Gasteiger partial charge in [0.05, 0.1) is 4.90 Å². The Hall–Kier alpha value is -2.25. The molecular formula is C17H19N3O3S. The molecular weight excluding hydrogens is 326 g/mol. The zero-order valence-corrected chi connectivity index (χ0v) is 14.4. The van der Waals surface area contributed by atoms with Crippen LogP contribution in [0.4, 0.5) is 0 Å². The van der Waals surface area contributed by atoms with Crippen LogP contribution in [-0.2, 0) is 10.0 Å². The van der Waals surface area contributed by atoms with Crippen LogP contribution in [0.3, 0.4) is 0 Å². The SMILES string of the molecule is Cc1cc(C(=O)N2CC(c3ccccn3)C2)cc(S(N)(=O)=O)c1C. The van der Waals surface area contributed by atoms with Crippen molar-refractivity contribution in [1.82, 2.24) is 9.88 Å². The number of aromatic nitrogens is 1. The van der Waals surface area contributed by atoms with Gasteiger partial charge in [0.25, 0.3) is 5.91 Å². The fourth-order valence-corrected chi connectivity index (χ4v) is 3.76. The van der Waals surface area contributed by atoms with Gasteiger partial charge in [-0.2, -0.15) is 0 Å². The molecule has 3 rings (SSSR count). The van der Waals surface area contributed by atoms with Crippen LogP contribution in [0.15, 0.2) is 41.4 Å². The molecule has 1 aromatic heterocycles. The standard InChI is InChI=1S/C17H19N3O3S/c1-11-7-13(8-16(12(11)2)24(18,22)23)17(21)20-9-14(10-20)15-5-3-4-6-19-15/h3-8,14H,9-10H2,1-2H3,(H2,18,22,23). The lowest BCUT2D eigenvalue weighted by atomic mass is 9.94. The van der Waals surface area contributed by atoms with Crippen LogP contribution in [-0.4, -0.2) is 37.3 Å². The molecule has 0 unspecified atom stereocenters. The van der Waals surface area contributed by atoms with E-state index in [1.807, 2.05) is 18.2 Å². The van der Waals surface area contributed by atoms with Gasteiger partial charge in [-0.15, -0.1) is 0 Å². The monoisotopic (exact) mass is 345 g/mol. The molecule has 0 bridgehead atoms. The number of amides is 1. The average Bonchev–Trinajstić information content (AvgIpc) is 2.48. The highest BCUT2D eigenvalue weighted by Gasteiger charge is 2.33. The molecule has 0 radical (unpaired) electrons. The van der Waals surface area contributed by atoms with Crippen LogP contribution in [0, 0.1) is 13.8 Å². The Balaban J connectivity index is 1.81. The van der Waals surface area contributed by atoms with E-state index >= 15 is 0 Å². The zero-order chi connectivity index (χ0) is 17.5. The van der Waals surface area contributed by atoms with Crippen LogP contribution in [0.25, 0.3) is 0 Å². The van der Waals surface area contributed by atoms with Crippen LogP contribution >= 0.6 is 0 Å². The number of primary sulfonamides is 1. The van der Waals surface area contributed by atoms with Crippen LogP contribution in [0.5, 0.6) is 0 Å². The van der Waals surface area contributed by atoms with E-state index in [4.69, 9.17) is 5.14 Å². The van der Waals surface area contributed by atoms with E-state index in [2.05, 4.69) is 4.98 Å². The molecule has 2 aromatic rings. The summed E-state index contributed by atoms with van der Waals surface area (Å²) in [7, 11) is -3.86. The van der Waals surface area contributed by atoms with Crippen molar-refractivity contribution < 1.29 is 13.2 Å². The van der Waals surface area contributed by atoms with E-state index in [1.165, 1.54) is 6.07 Å². The molecule has 1 aliphatic rings. The fourth-order valence-electron chi connectivity index (χ4n) is 2.88. The highest BCUT2D eigenvalue weighted by molar-refractivity contribution is 7.89. The summed E-state index contributed by atoms with van der Waals surface area (Å²) in [6.07, 6.45) is 1.74. The number of aryl methyl sites for hydroxylation is 1. The third kappa shape index (κ3) is 3.05. The fraction of sp³-hybridized carbons (Fsp3) is 0.294. The van der Waals surface area contributed by atoms with E-state index in [0.717, 1.165) is 11.3 Å². The average molecular weight is 345 g/mol. The van der Waals surface area contributed by atoms with Crippen molar-refractivity contribution in [3.05, 3.63) is 58.9 Å². The van der Waals surface area contributed by atoms with Crippen molar-refractivity contribution in [2.24, 2.45) is 5.14 Å². The Kier molecular flexibility index (Phi) is 4.15. The van der Waals surface area contributed by atoms with Gasteiger partial charge in [0, 0.05) is 36.5 Å². The smallest absolute Gasteiger partial charge is 0.253 e. The van der Waals surface area contributed by atoms with Gasteiger partial charge >= 0.3 is 0 Å². The van der Waals surface area contributed by atoms with Gasteiger partial charge in [-0.1, -0.05) is 6.07 Å². The molecule has 6 nitrogen and oxygen atoms in total. The molecule has 7 heteroatoms. The van der Waals surface area contributed by atoms with Crippen molar-refractivity contribution in [2.45, 2.75) is 24.7 Å². The zero-order valence-electron chi connectivity index (χ0n) is 13.6. The molecule has 1 saturated heterocycles. The van der Waals surface area contributed by atoms with Crippen molar-refractivity contribution in [3.8, 4) is 0 Å². The maximum atomic E-state index is 12.6. The van der Waals surface area contributed by atoms with Crippen molar-refractivity contribution in [2.75, 3.05) is 13.1 Å². The van der Waals surface area contributed by atoms with E-state index < -0.39 is 10.0 Å². The second kappa shape index (κ2) is 5.99. The molecule has 0 aliphatic carbocycles. The lowest BCUT2D eigenvalue weighted by Gasteiger charge is -2.39. The molecule has 1 fully saturated rings. The maximum Gasteiger partial charge on any atom is 0.253 e. The molecule has 24 heavy (non-hydrogen) atoms. The third-order valence-electron chi connectivity index (χ3n) is 4.45. The Morgan fingerprint density at radius 2 is 1.96 bits per heavy atom. The maximum absolute atomic E-state index is 12.6. The van der Waals surface area contributed by atoms with Gasteiger partial charge in [-0.05, 0) is 49.2 Å². The number of carbonyl (C=O) groups is 1. The Morgan fingerprint density at radius 3 is 2.54 bits per heavy atom. The summed E-state index contributed by atoms with van der Waals surface area (Å²) in [6.45, 7) is 4.61. The van der Waals surface area contributed by atoms with Crippen LogP contribution in [0.2, 0.25) is 0 Å². The molecule has 2 N–H and O–H groups in total. The minimum atomic E-state index is -3.86. The molecule has 1 aromatic carbocycles. The summed E-state index contributed by atoms with van der Waals surface area (Å²) in [5.41, 5.74) is 2.61. The first kappa shape index (κ1) is 16.6. The Bertz CT molecular complexity index is 889. The van der Waals surface area contributed by atoms with E-state index in [0.29, 0.717) is 24.2 Å². The predicted molar refractivity (Wildman–Crippen MR) is 90.2 cm³/mol. The minimum absolute atomic E-state index is 0.00708. The normalized spacial score (nSPS) is 15.2. The van der Waals surface area contributed by atoms with Crippen molar-refractivity contribution in [3.63, 3.8) is 0 Å². The summed E-state index contributed by atoms with van der Waals surface area (Å²) < 4.78 is 23.4. The summed E-state index contributed by atoms with van der Waals surface area (Å²) in [4.78, 5) is 18.6. The van der Waals surface area contributed by atoms with Crippen molar-refractivity contribution in [1.29, 1.82) is 0 Å². The number of likely N-dealkylation sites (tertiary alicyclic amines) is 1. The first-order valence-electron chi connectivity index (χ1n) is 7.61. The van der Waals surface area contributed by atoms with Crippen LogP contribution in [0.1, 0.15) is 33.1 Å². The van der Waals surface area contributed by atoms with E-state index in [1.54, 1.807) is 31.0 Å². The van der Waals surface area contributed by atoms with Gasteiger partial charge in [-0.25, -0.2) is 13.6 Å². The Morgan fingerprint density at radius 1 is 1.25 bits per heavy atom. The van der Waals surface area contributed by atoms with Gasteiger partial charge in [0.2, 0.25) is 10.0 Å². The van der Waals surface area contributed by atoms with E-state index in [9.17, 15) is 13.2 Å². The number of nitrogens with zero attached hydrogens (tertiary/aromatic N) is 2. The van der Waals surface area contributed by atoms with E-state index in [-0.39, 0.29) is 16.7 Å². The van der Waals surface area contributed by atoms with Crippen molar-refractivity contribution >= 4 is 15.9 Å². The molecule has 0 spiro atoms. The second-order valence-corrected chi connectivity index (χ2v) is 7.65. The predicted octanol–water partition coefficient (Wildman–Crippen LogP) is 1.59. The highest BCUT2D eigenvalue weighted by atomic mass is 32.2. The molecule has 1 amide bonds. The molecule has 2 heterocycles. The number of carbonyl (C=O) groups excluding carboxylic acids is 1. The van der Waals surface area contributed by atoms with Gasteiger partial charge < -0.3 is 4.90 Å². The number of sulfonamides is 1. The Labute approximate surface area is 141 Å². The number of hydrogen-bond donors (Lipinski definition) is 1. The lowest BCUT2D eigenvalue weighted by Crippen LogP contribution is -2.48. The number of rotatable bonds is 3. The summed E-state index contributed by atoms with van der Waals surface area (Å²) in [5, 5.41) is 5.26. The molecule has 0 atom stereocenters. The molecule has 1 aliphatic heterocycles. The first-order chi connectivity index (χ1) is 11.3. The quantitative estimate of drug-likeness (QED) is 0.914. The third-order valence-corrected chi connectivity index (χ3v) is 5.49. The van der Waals surface area contributed by atoms with Crippen LogP contribution < -0.4 is 5.14 Å².